The molecular weight excluding hydrogens is 270 g/mol. The molecule has 0 spiro atoms. The minimum Gasteiger partial charge on any atom is -0.290 e. The second kappa shape index (κ2) is 5.33. The molecule has 17 heavy (non-hydrogen) atoms. The van der Waals surface area contributed by atoms with Crippen LogP contribution in [0.2, 0.25) is 0 Å². The van der Waals surface area contributed by atoms with Crippen LogP contribution in [0, 0.1) is 0 Å². The van der Waals surface area contributed by atoms with Crippen LogP contribution in [0.1, 0.15) is 25.1 Å². The molecule has 1 saturated heterocycles. The highest BCUT2D eigenvalue weighted by Crippen LogP contribution is 2.34. The predicted octanol–water partition coefficient (Wildman–Crippen LogP) is 3.75. The number of thioether (sulfide) groups is 1. The van der Waals surface area contributed by atoms with Crippen molar-refractivity contribution in [3.63, 3.8) is 0 Å². The maximum Gasteiger partial charge on any atom is 0.266 e. The summed E-state index contributed by atoms with van der Waals surface area (Å²) in [4.78, 5) is 15.7. The summed E-state index contributed by atoms with van der Waals surface area (Å²) < 4.78 is 0.673. The van der Waals surface area contributed by atoms with E-state index in [9.17, 15) is 4.79 Å². The Morgan fingerprint density at radius 2 is 2.35 bits per heavy atom. The van der Waals surface area contributed by atoms with E-state index >= 15 is 0 Å². The fourth-order valence-corrected chi connectivity index (χ4v) is 3.73. The second-order valence-electron chi connectivity index (χ2n) is 3.82. The van der Waals surface area contributed by atoms with Gasteiger partial charge in [-0.05, 0) is 30.9 Å². The van der Waals surface area contributed by atoms with Gasteiger partial charge in [-0.3, -0.25) is 9.69 Å². The molecule has 1 atom stereocenters. The van der Waals surface area contributed by atoms with Crippen molar-refractivity contribution in [2.45, 2.75) is 26.3 Å². The van der Waals surface area contributed by atoms with Gasteiger partial charge in [0.05, 0.1) is 4.91 Å². The first kappa shape index (κ1) is 12.8. The van der Waals surface area contributed by atoms with Gasteiger partial charge in [-0.15, -0.1) is 11.3 Å². The van der Waals surface area contributed by atoms with Gasteiger partial charge in [-0.25, -0.2) is 0 Å². The van der Waals surface area contributed by atoms with Crippen LogP contribution < -0.4 is 0 Å². The number of carbonyl (C=O) groups is 1. The van der Waals surface area contributed by atoms with Gasteiger partial charge in [0.25, 0.3) is 5.91 Å². The van der Waals surface area contributed by atoms with E-state index in [2.05, 4.69) is 6.92 Å². The number of amides is 1. The van der Waals surface area contributed by atoms with Crippen LogP contribution in [0.3, 0.4) is 0 Å². The minimum absolute atomic E-state index is 0.0442. The average Bonchev–Trinajstić information content (AvgIpc) is 2.89. The Morgan fingerprint density at radius 3 is 2.94 bits per heavy atom. The van der Waals surface area contributed by atoms with Crippen molar-refractivity contribution in [2.24, 2.45) is 0 Å². The SMILES string of the molecule is CC[C@@H](C)N1C(=O)/C(=C/c2cccs2)SC1=S. The van der Waals surface area contributed by atoms with E-state index in [4.69, 9.17) is 12.2 Å². The highest BCUT2D eigenvalue weighted by Gasteiger charge is 2.34. The molecule has 90 valence electrons. The Morgan fingerprint density at radius 1 is 1.59 bits per heavy atom. The molecule has 1 fully saturated rings. The molecule has 0 aliphatic carbocycles. The van der Waals surface area contributed by atoms with E-state index in [1.165, 1.54) is 11.8 Å². The van der Waals surface area contributed by atoms with Crippen LogP contribution in [-0.2, 0) is 4.79 Å². The fraction of sp³-hybridized carbons (Fsp3) is 0.333. The lowest BCUT2D eigenvalue weighted by atomic mass is 10.2. The lowest BCUT2D eigenvalue weighted by molar-refractivity contribution is -0.123. The third kappa shape index (κ3) is 2.61. The standard InChI is InChI=1S/C12H13NOS3/c1-3-8(2)13-11(14)10(17-12(13)15)7-9-5-4-6-16-9/h4-8H,3H2,1-2H3/b10-7-/t8-/m1/s1. The third-order valence-corrected chi connectivity index (χ3v) is 4.82. The summed E-state index contributed by atoms with van der Waals surface area (Å²) in [5, 5.41) is 2.00. The highest BCUT2D eigenvalue weighted by molar-refractivity contribution is 8.26. The lowest BCUT2D eigenvalue weighted by Crippen LogP contribution is -2.36. The van der Waals surface area contributed by atoms with Gasteiger partial charge in [0.1, 0.15) is 4.32 Å². The maximum atomic E-state index is 12.2. The molecule has 1 aliphatic heterocycles. The molecule has 0 bridgehead atoms. The van der Waals surface area contributed by atoms with E-state index in [0.717, 1.165) is 16.2 Å². The van der Waals surface area contributed by atoms with E-state index in [1.807, 2.05) is 30.5 Å². The summed E-state index contributed by atoms with van der Waals surface area (Å²) >= 11 is 8.29. The molecular formula is C12H13NOS3. The first-order valence-corrected chi connectivity index (χ1v) is 7.54. The fourth-order valence-electron chi connectivity index (χ4n) is 1.55. The Labute approximate surface area is 115 Å². The van der Waals surface area contributed by atoms with Gasteiger partial charge in [-0.1, -0.05) is 37.0 Å². The summed E-state index contributed by atoms with van der Waals surface area (Å²) in [6, 6.07) is 4.16. The molecule has 0 unspecified atom stereocenters. The number of thiophene rings is 1. The number of hydrogen-bond acceptors (Lipinski definition) is 4. The molecule has 0 saturated carbocycles. The molecule has 0 N–H and O–H groups in total. The van der Waals surface area contributed by atoms with Gasteiger partial charge in [-0.2, -0.15) is 0 Å². The highest BCUT2D eigenvalue weighted by atomic mass is 32.2. The summed E-state index contributed by atoms with van der Waals surface area (Å²) in [6.07, 6.45) is 2.84. The minimum atomic E-state index is 0.0442. The first-order valence-electron chi connectivity index (χ1n) is 5.44. The Kier molecular flexibility index (Phi) is 4.01. The van der Waals surface area contributed by atoms with Gasteiger partial charge in [0.2, 0.25) is 0 Å². The molecule has 2 rings (SSSR count). The van der Waals surface area contributed by atoms with Gasteiger partial charge >= 0.3 is 0 Å². The molecule has 2 heterocycles. The Balaban J connectivity index is 2.24. The van der Waals surface area contributed by atoms with Gasteiger partial charge in [0.15, 0.2) is 0 Å². The van der Waals surface area contributed by atoms with Crippen LogP contribution in [0.25, 0.3) is 6.08 Å². The van der Waals surface area contributed by atoms with Crippen molar-refractivity contribution >= 4 is 51.6 Å². The predicted molar refractivity (Wildman–Crippen MR) is 79.1 cm³/mol. The number of hydrogen-bond donors (Lipinski definition) is 0. The number of thiocarbonyl (C=S) groups is 1. The third-order valence-electron chi connectivity index (χ3n) is 2.67. The quantitative estimate of drug-likeness (QED) is 0.622. The molecule has 2 nitrogen and oxygen atoms in total. The smallest absolute Gasteiger partial charge is 0.266 e. The molecule has 1 aliphatic rings. The zero-order valence-electron chi connectivity index (χ0n) is 9.67. The van der Waals surface area contributed by atoms with Gasteiger partial charge < -0.3 is 0 Å². The van der Waals surface area contributed by atoms with Crippen LogP contribution in [0.5, 0.6) is 0 Å². The van der Waals surface area contributed by atoms with Crippen molar-refractivity contribution in [1.29, 1.82) is 0 Å². The van der Waals surface area contributed by atoms with Crippen molar-refractivity contribution < 1.29 is 4.79 Å². The monoisotopic (exact) mass is 283 g/mol. The van der Waals surface area contributed by atoms with Gasteiger partial charge in [0, 0.05) is 10.9 Å². The number of nitrogens with zero attached hydrogens (tertiary/aromatic N) is 1. The first-order chi connectivity index (χ1) is 8.13. The van der Waals surface area contributed by atoms with Crippen molar-refractivity contribution in [3.05, 3.63) is 27.3 Å². The zero-order chi connectivity index (χ0) is 12.4. The second-order valence-corrected chi connectivity index (χ2v) is 6.48. The van der Waals surface area contributed by atoms with E-state index < -0.39 is 0 Å². The zero-order valence-corrected chi connectivity index (χ0v) is 12.1. The van der Waals surface area contributed by atoms with E-state index in [1.54, 1.807) is 16.2 Å². The molecule has 0 radical (unpaired) electrons. The lowest BCUT2D eigenvalue weighted by Gasteiger charge is -2.21. The molecule has 1 aromatic rings. The number of carbonyl (C=O) groups excluding carboxylic acids is 1. The summed E-state index contributed by atoms with van der Waals surface area (Å²) in [7, 11) is 0. The van der Waals surface area contributed by atoms with Crippen LogP contribution >= 0.6 is 35.3 Å². The Bertz CT molecular complexity index is 464. The molecule has 1 aromatic heterocycles. The largest absolute Gasteiger partial charge is 0.290 e. The summed E-state index contributed by atoms with van der Waals surface area (Å²) in [5.74, 6) is 0.0442. The molecule has 5 heteroatoms. The van der Waals surface area contributed by atoms with Crippen molar-refractivity contribution in [2.75, 3.05) is 0 Å². The van der Waals surface area contributed by atoms with Crippen molar-refractivity contribution in [1.82, 2.24) is 4.90 Å². The van der Waals surface area contributed by atoms with E-state index in [0.29, 0.717) is 4.32 Å². The van der Waals surface area contributed by atoms with Crippen LogP contribution in [0.15, 0.2) is 22.4 Å². The summed E-state index contributed by atoms with van der Waals surface area (Å²) in [6.45, 7) is 4.09. The average molecular weight is 283 g/mol. The number of rotatable bonds is 3. The van der Waals surface area contributed by atoms with E-state index in [-0.39, 0.29) is 11.9 Å². The maximum absolute atomic E-state index is 12.2. The molecule has 0 aromatic carbocycles. The topological polar surface area (TPSA) is 20.3 Å². The molecule has 1 amide bonds. The van der Waals surface area contributed by atoms with Crippen LogP contribution in [0.4, 0.5) is 0 Å². The summed E-state index contributed by atoms with van der Waals surface area (Å²) in [5.41, 5.74) is 0. The van der Waals surface area contributed by atoms with Crippen molar-refractivity contribution in [3.8, 4) is 0 Å². The normalized spacial score (nSPS) is 20.4. The Hall–Kier alpha value is -0.650. The van der Waals surface area contributed by atoms with Crippen LogP contribution in [-0.4, -0.2) is 21.2 Å².